The number of fused-ring (bicyclic) bond motifs is 1. The Bertz CT molecular complexity index is 827. The molecule has 0 atom stereocenters. The molecule has 3 nitrogen and oxygen atoms in total. The highest BCUT2D eigenvalue weighted by atomic mass is 79.9. The van der Waals surface area contributed by atoms with Gasteiger partial charge in [-0.25, -0.2) is 9.37 Å². The SMILES string of the molecule is Cc1cc(F)cc(-c2nc(Br)c3c(CO)c(Cl)ccn23)c1. The fraction of sp³-hybridized carbons (Fsp3) is 0.133. The number of hydrogen-bond acceptors (Lipinski definition) is 2. The normalized spacial score (nSPS) is 11.3. The van der Waals surface area contributed by atoms with Crippen molar-refractivity contribution in [2.75, 3.05) is 0 Å². The molecule has 0 saturated heterocycles. The van der Waals surface area contributed by atoms with Crippen molar-refractivity contribution in [1.82, 2.24) is 9.38 Å². The van der Waals surface area contributed by atoms with Gasteiger partial charge in [0.2, 0.25) is 0 Å². The molecule has 0 aliphatic heterocycles. The van der Waals surface area contributed by atoms with Gasteiger partial charge in [0, 0.05) is 22.3 Å². The molecule has 2 aromatic heterocycles. The van der Waals surface area contributed by atoms with E-state index in [0.717, 1.165) is 5.56 Å². The molecular formula is C15H11BrClFN2O. The Morgan fingerprint density at radius 3 is 2.81 bits per heavy atom. The van der Waals surface area contributed by atoms with Crippen LogP contribution >= 0.6 is 27.5 Å². The van der Waals surface area contributed by atoms with E-state index >= 15 is 0 Å². The summed E-state index contributed by atoms with van der Waals surface area (Å²) in [6.45, 7) is 1.63. The standard InChI is InChI=1S/C15H11BrClFN2O/c1-8-4-9(6-10(18)5-8)15-19-14(16)13-11(7-21)12(17)2-3-20(13)15/h2-6,21H,7H2,1H3. The fourth-order valence-electron chi connectivity index (χ4n) is 2.39. The van der Waals surface area contributed by atoms with Crippen LogP contribution in [0.5, 0.6) is 0 Å². The summed E-state index contributed by atoms with van der Waals surface area (Å²) in [7, 11) is 0. The zero-order valence-electron chi connectivity index (χ0n) is 11.1. The number of aliphatic hydroxyl groups excluding tert-OH is 1. The second-order valence-electron chi connectivity index (χ2n) is 4.76. The maximum atomic E-state index is 13.6. The number of nitrogens with zero attached hydrogens (tertiary/aromatic N) is 2. The van der Waals surface area contributed by atoms with E-state index in [-0.39, 0.29) is 12.4 Å². The molecule has 3 aromatic rings. The summed E-state index contributed by atoms with van der Waals surface area (Å²) in [6.07, 6.45) is 1.75. The molecule has 0 saturated carbocycles. The number of aromatic nitrogens is 2. The molecule has 0 fully saturated rings. The highest BCUT2D eigenvalue weighted by molar-refractivity contribution is 9.10. The van der Waals surface area contributed by atoms with Gasteiger partial charge < -0.3 is 5.11 Å². The first-order valence-electron chi connectivity index (χ1n) is 6.24. The van der Waals surface area contributed by atoms with Crippen LogP contribution in [0, 0.1) is 12.7 Å². The van der Waals surface area contributed by atoms with Crippen molar-refractivity contribution in [3.05, 3.63) is 57.0 Å². The van der Waals surface area contributed by atoms with Crippen LogP contribution in [-0.4, -0.2) is 14.5 Å². The number of halogens is 3. The van der Waals surface area contributed by atoms with Gasteiger partial charge in [0.05, 0.1) is 12.1 Å². The van der Waals surface area contributed by atoms with E-state index in [4.69, 9.17) is 11.6 Å². The van der Waals surface area contributed by atoms with Gasteiger partial charge >= 0.3 is 0 Å². The van der Waals surface area contributed by atoms with E-state index in [1.165, 1.54) is 12.1 Å². The number of benzene rings is 1. The van der Waals surface area contributed by atoms with Gasteiger partial charge in [-0.15, -0.1) is 0 Å². The molecule has 3 rings (SSSR count). The van der Waals surface area contributed by atoms with Crippen molar-refractivity contribution in [2.45, 2.75) is 13.5 Å². The molecule has 21 heavy (non-hydrogen) atoms. The molecule has 0 unspecified atom stereocenters. The van der Waals surface area contributed by atoms with Gasteiger partial charge in [0.25, 0.3) is 0 Å². The van der Waals surface area contributed by atoms with Gasteiger partial charge in [-0.3, -0.25) is 4.40 Å². The lowest BCUT2D eigenvalue weighted by Crippen LogP contribution is -1.95. The van der Waals surface area contributed by atoms with Crippen molar-refractivity contribution in [1.29, 1.82) is 0 Å². The van der Waals surface area contributed by atoms with Crippen LogP contribution in [-0.2, 0) is 6.61 Å². The van der Waals surface area contributed by atoms with Crippen molar-refractivity contribution < 1.29 is 9.50 Å². The molecule has 0 aliphatic rings. The maximum absolute atomic E-state index is 13.6. The van der Waals surface area contributed by atoms with Crippen molar-refractivity contribution in [3.63, 3.8) is 0 Å². The third-order valence-corrected chi connectivity index (χ3v) is 4.18. The molecule has 1 N–H and O–H groups in total. The number of pyridine rings is 1. The van der Waals surface area contributed by atoms with Crippen LogP contribution in [0.15, 0.2) is 35.1 Å². The largest absolute Gasteiger partial charge is 0.392 e. The van der Waals surface area contributed by atoms with Crippen molar-refractivity contribution >= 4 is 33.0 Å². The van der Waals surface area contributed by atoms with E-state index in [9.17, 15) is 9.50 Å². The lowest BCUT2D eigenvalue weighted by molar-refractivity contribution is 0.283. The first-order chi connectivity index (χ1) is 10.0. The van der Waals surface area contributed by atoms with E-state index < -0.39 is 0 Å². The first-order valence-corrected chi connectivity index (χ1v) is 7.41. The summed E-state index contributed by atoms with van der Waals surface area (Å²) in [6, 6.07) is 6.44. The molecule has 0 radical (unpaired) electrons. The smallest absolute Gasteiger partial charge is 0.146 e. The minimum absolute atomic E-state index is 0.199. The Morgan fingerprint density at radius 1 is 1.38 bits per heavy atom. The Labute approximate surface area is 134 Å². The maximum Gasteiger partial charge on any atom is 0.146 e. The minimum atomic E-state index is -0.311. The summed E-state index contributed by atoms with van der Waals surface area (Å²) < 4.78 is 16.0. The molecule has 1 aromatic carbocycles. The zero-order chi connectivity index (χ0) is 15.1. The van der Waals surface area contributed by atoms with Crippen LogP contribution in [0.4, 0.5) is 4.39 Å². The number of rotatable bonds is 2. The van der Waals surface area contributed by atoms with Crippen molar-refractivity contribution in [2.24, 2.45) is 0 Å². The van der Waals surface area contributed by atoms with Gasteiger partial charge in [0.1, 0.15) is 16.2 Å². The Balaban J connectivity index is 2.34. The number of aryl methyl sites for hydroxylation is 1. The lowest BCUT2D eigenvalue weighted by Gasteiger charge is -2.07. The summed E-state index contributed by atoms with van der Waals surface area (Å²) in [5, 5.41) is 9.97. The van der Waals surface area contributed by atoms with Crippen molar-refractivity contribution in [3.8, 4) is 11.4 Å². The van der Waals surface area contributed by atoms with Crippen LogP contribution in [0.1, 0.15) is 11.1 Å². The highest BCUT2D eigenvalue weighted by Crippen LogP contribution is 2.32. The van der Waals surface area contributed by atoms with E-state index in [1.807, 2.05) is 13.0 Å². The molecule has 0 amide bonds. The van der Waals surface area contributed by atoms with Gasteiger partial charge in [-0.2, -0.15) is 0 Å². The summed E-state index contributed by atoms with van der Waals surface area (Å²) >= 11 is 9.48. The second kappa shape index (κ2) is 5.40. The Morgan fingerprint density at radius 2 is 2.14 bits per heavy atom. The fourth-order valence-corrected chi connectivity index (χ4v) is 3.20. The third kappa shape index (κ3) is 2.46. The summed E-state index contributed by atoms with van der Waals surface area (Å²) in [5.74, 6) is 0.278. The number of imidazole rings is 1. The summed E-state index contributed by atoms with van der Waals surface area (Å²) in [5.41, 5.74) is 2.74. The van der Waals surface area contributed by atoms with Crippen LogP contribution < -0.4 is 0 Å². The predicted molar refractivity (Wildman–Crippen MR) is 84.0 cm³/mol. The molecular weight excluding hydrogens is 359 g/mol. The van der Waals surface area contributed by atoms with E-state index in [0.29, 0.717) is 32.1 Å². The Kier molecular flexibility index (Phi) is 3.73. The molecule has 0 aliphatic carbocycles. The monoisotopic (exact) mass is 368 g/mol. The predicted octanol–water partition coefficient (Wildman–Crippen LogP) is 4.36. The molecule has 2 heterocycles. The van der Waals surface area contributed by atoms with Gasteiger partial charge in [0.15, 0.2) is 0 Å². The third-order valence-electron chi connectivity index (χ3n) is 3.27. The number of aliphatic hydroxyl groups is 1. The molecule has 6 heteroatoms. The minimum Gasteiger partial charge on any atom is -0.392 e. The van der Waals surface area contributed by atoms with E-state index in [1.54, 1.807) is 16.7 Å². The highest BCUT2D eigenvalue weighted by Gasteiger charge is 2.16. The average molecular weight is 370 g/mol. The van der Waals surface area contributed by atoms with Gasteiger partial charge in [-0.1, -0.05) is 11.6 Å². The quantitative estimate of drug-likeness (QED) is 0.729. The average Bonchev–Trinajstić information content (AvgIpc) is 2.75. The topological polar surface area (TPSA) is 37.5 Å². The zero-order valence-corrected chi connectivity index (χ0v) is 13.4. The van der Waals surface area contributed by atoms with Crippen LogP contribution in [0.3, 0.4) is 0 Å². The van der Waals surface area contributed by atoms with Crippen LogP contribution in [0.2, 0.25) is 5.02 Å². The molecule has 0 bridgehead atoms. The Hall–Kier alpha value is -1.43. The second-order valence-corrected chi connectivity index (χ2v) is 5.92. The lowest BCUT2D eigenvalue weighted by atomic mass is 10.1. The van der Waals surface area contributed by atoms with Crippen LogP contribution in [0.25, 0.3) is 16.9 Å². The molecule has 108 valence electrons. The first kappa shape index (κ1) is 14.5. The number of hydrogen-bond donors (Lipinski definition) is 1. The van der Waals surface area contributed by atoms with Gasteiger partial charge in [-0.05, 0) is 52.7 Å². The molecule has 0 spiro atoms. The van der Waals surface area contributed by atoms with E-state index in [2.05, 4.69) is 20.9 Å². The summed E-state index contributed by atoms with van der Waals surface area (Å²) in [4.78, 5) is 4.44.